The molecular formula is C17H31N7O2. The molecule has 26 heavy (non-hydrogen) atoms. The number of hydrogen-bond donors (Lipinski definition) is 2. The minimum absolute atomic E-state index is 0.0127. The lowest BCUT2D eigenvalue weighted by molar-refractivity contribution is -0.382. The molecule has 0 spiro atoms. The molecule has 0 bridgehead atoms. The molecule has 0 aromatic carbocycles. The molecule has 2 rings (SSSR count). The molecule has 0 unspecified atom stereocenters. The van der Waals surface area contributed by atoms with E-state index in [2.05, 4.69) is 41.6 Å². The third-order valence-corrected chi connectivity index (χ3v) is 3.74. The van der Waals surface area contributed by atoms with Crippen molar-refractivity contribution in [2.45, 2.75) is 54.9 Å². The summed E-state index contributed by atoms with van der Waals surface area (Å²) in [7, 11) is 1.60. The molecule has 0 atom stereocenters. The van der Waals surface area contributed by atoms with Crippen LogP contribution in [0, 0.1) is 15.5 Å². The van der Waals surface area contributed by atoms with E-state index in [-0.39, 0.29) is 22.6 Å². The van der Waals surface area contributed by atoms with Crippen molar-refractivity contribution in [3.63, 3.8) is 0 Å². The van der Waals surface area contributed by atoms with Gasteiger partial charge in [0, 0.05) is 12.6 Å². The number of tetrazole rings is 1. The highest BCUT2D eigenvalue weighted by Crippen LogP contribution is 2.37. The number of nitrogens with zero attached hydrogens (tertiary/aromatic N) is 5. The van der Waals surface area contributed by atoms with Gasteiger partial charge in [0.15, 0.2) is 0 Å². The molecule has 2 aromatic rings. The maximum Gasteiger partial charge on any atom is 0.339 e. The van der Waals surface area contributed by atoms with Gasteiger partial charge in [-0.25, -0.2) is 0 Å². The van der Waals surface area contributed by atoms with Crippen LogP contribution in [0.2, 0.25) is 0 Å². The van der Waals surface area contributed by atoms with Crippen molar-refractivity contribution in [2.24, 2.45) is 5.41 Å². The van der Waals surface area contributed by atoms with Crippen molar-refractivity contribution in [3.8, 4) is 0 Å². The van der Waals surface area contributed by atoms with Crippen LogP contribution in [0.5, 0.6) is 0 Å². The number of anilines is 2. The average Bonchev–Trinajstić information content (AvgIpc) is 3.13. The minimum Gasteiger partial charge on any atom is -0.383 e. The molecule has 0 fully saturated rings. The molecule has 0 radical (unpaired) electrons. The number of rotatable bonds is 5. The van der Waals surface area contributed by atoms with Crippen molar-refractivity contribution in [3.05, 3.63) is 21.8 Å². The topological polar surface area (TPSA) is 124 Å². The third-order valence-electron chi connectivity index (χ3n) is 3.74. The van der Waals surface area contributed by atoms with E-state index >= 15 is 0 Å². The predicted molar refractivity (Wildman–Crippen MR) is 107 cm³/mol. The zero-order valence-corrected chi connectivity index (χ0v) is 17.0. The minimum atomic E-state index is -0.515. The highest BCUT2D eigenvalue weighted by atomic mass is 16.6. The van der Waals surface area contributed by atoms with Gasteiger partial charge in [-0.05, 0) is 22.3 Å². The van der Waals surface area contributed by atoms with Crippen LogP contribution in [0.4, 0.5) is 17.2 Å². The Bertz CT molecular complexity index is 751. The van der Waals surface area contributed by atoms with E-state index in [1.807, 2.05) is 33.8 Å². The summed E-state index contributed by atoms with van der Waals surface area (Å²) in [4.78, 5) is 10.9. The zero-order valence-electron chi connectivity index (χ0n) is 17.0. The van der Waals surface area contributed by atoms with E-state index in [9.17, 15) is 10.1 Å². The highest BCUT2D eigenvalue weighted by Gasteiger charge is 2.27. The summed E-state index contributed by atoms with van der Waals surface area (Å²) < 4.78 is 1.18. The van der Waals surface area contributed by atoms with Crippen LogP contribution in [0.25, 0.3) is 11.7 Å². The summed E-state index contributed by atoms with van der Waals surface area (Å²) in [6, 6.07) is 0. The number of hydrogen-bond acceptors (Lipinski definition) is 7. The molecule has 0 amide bonds. The zero-order chi connectivity index (χ0) is 20.5. The molecule has 146 valence electrons. The maximum atomic E-state index is 11.4. The number of nitro groups is 1. The molecule has 0 aliphatic carbocycles. The smallest absolute Gasteiger partial charge is 0.339 e. The summed E-state index contributed by atoms with van der Waals surface area (Å²) in [5, 5.41) is 25.1. The van der Waals surface area contributed by atoms with Gasteiger partial charge in [0.05, 0.1) is 4.92 Å². The van der Waals surface area contributed by atoms with Gasteiger partial charge < -0.3 is 11.1 Å². The number of nitrogen functional groups attached to an aromatic ring is 1. The van der Waals surface area contributed by atoms with E-state index in [1.54, 1.807) is 13.1 Å². The van der Waals surface area contributed by atoms with Crippen molar-refractivity contribution in [1.29, 1.82) is 0 Å². The van der Waals surface area contributed by atoms with E-state index in [1.165, 1.54) is 4.52 Å². The second-order valence-corrected chi connectivity index (χ2v) is 5.62. The van der Waals surface area contributed by atoms with Gasteiger partial charge in [-0.3, -0.25) is 10.1 Å². The Labute approximate surface area is 154 Å². The molecule has 3 N–H and O–H groups in total. The normalized spacial score (nSPS) is 10.8. The first-order valence-electron chi connectivity index (χ1n) is 8.87. The van der Waals surface area contributed by atoms with Gasteiger partial charge >= 0.3 is 5.69 Å². The Morgan fingerprint density at radius 2 is 1.88 bits per heavy atom. The molecule has 0 saturated carbocycles. The molecule has 0 aliphatic rings. The van der Waals surface area contributed by atoms with Crippen LogP contribution < -0.4 is 11.1 Å². The summed E-state index contributed by atoms with van der Waals surface area (Å²) in [5.41, 5.74) is 6.64. The molecule has 0 aliphatic heterocycles. The monoisotopic (exact) mass is 365 g/mol. The van der Waals surface area contributed by atoms with Gasteiger partial charge in [-0.2, -0.15) is 4.52 Å². The number of allylic oxidation sites excluding steroid dienone is 1. The second-order valence-electron chi connectivity index (χ2n) is 5.62. The number of nitrogens with two attached hydrogens (primary N) is 1. The van der Waals surface area contributed by atoms with Crippen molar-refractivity contribution < 1.29 is 4.92 Å². The van der Waals surface area contributed by atoms with Crippen molar-refractivity contribution in [1.82, 2.24) is 20.0 Å². The lowest BCUT2D eigenvalue weighted by Gasteiger charge is -2.17. The Kier molecular flexibility index (Phi) is 9.24. The molecule has 2 heterocycles. The summed E-state index contributed by atoms with van der Waals surface area (Å²) >= 11 is 0. The highest BCUT2D eigenvalue weighted by molar-refractivity contribution is 5.88. The van der Waals surface area contributed by atoms with Crippen LogP contribution >= 0.6 is 0 Å². The van der Waals surface area contributed by atoms with E-state index in [0.29, 0.717) is 11.3 Å². The predicted octanol–water partition coefficient (Wildman–Crippen LogP) is 4.16. The van der Waals surface area contributed by atoms with Crippen molar-refractivity contribution in [2.75, 3.05) is 18.1 Å². The van der Waals surface area contributed by atoms with E-state index in [4.69, 9.17) is 5.73 Å². The molecule has 9 nitrogen and oxygen atoms in total. The number of pyridine rings is 1. The third kappa shape index (κ3) is 4.90. The first-order valence-corrected chi connectivity index (χ1v) is 8.87. The first kappa shape index (κ1) is 23.3. The van der Waals surface area contributed by atoms with Crippen LogP contribution in [0.3, 0.4) is 0 Å². The van der Waals surface area contributed by atoms with E-state index < -0.39 is 4.92 Å². The Morgan fingerprint density at radius 1 is 1.31 bits per heavy atom. The quantitative estimate of drug-likeness (QED) is 0.602. The molecule has 9 heteroatoms. The summed E-state index contributed by atoms with van der Waals surface area (Å²) in [5.74, 6) is 0.248. The fourth-order valence-electron chi connectivity index (χ4n) is 2.00. The van der Waals surface area contributed by atoms with Crippen LogP contribution in [-0.2, 0) is 0 Å². The van der Waals surface area contributed by atoms with Crippen LogP contribution in [-0.4, -0.2) is 32.0 Å². The second kappa shape index (κ2) is 10.3. The van der Waals surface area contributed by atoms with Crippen molar-refractivity contribution >= 4 is 28.9 Å². The van der Waals surface area contributed by atoms with E-state index in [0.717, 1.165) is 6.42 Å². The van der Waals surface area contributed by atoms with Gasteiger partial charge in [0.1, 0.15) is 11.5 Å². The SMILES string of the molecule is CC.CC.CCC(C)(C)/C=C\c1c(NC)c([N+](=O)[O-])c2nnnn2c1N. The average molecular weight is 365 g/mol. The Balaban J connectivity index is 0.00000146. The molecule has 2 aromatic heterocycles. The fourth-order valence-corrected chi connectivity index (χ4v) is 2.00. The van der Waals surface area contributed by atoms with Gasteiger partial charge in [0.2, 0.25) is 0 Å². The first-order chi connectivity index (χ1) is 12.3. The molecular weight excluding hydrogens is 334 g/mol. The summed E-state index contributed by atoms with van der Waals surface area (Å²) in [6.07, 6.45) is 4.67. The molecule has 0 saturated heterocycles. The Morgan fingerprint density at radius 3 is 2.35 bits per heavy atom. The van der Waals surface area contributed by atoms with Gasteiger partial charge in [-0.15, -0.1) is 5.10 Å². The largest absolute Gasteiger partial charge is 0.383 e. The van der Waals surface area contributed by atoms with Gasteiger partial charge in [0.25, 0.3) is 5.65 Å². The van der Waals surface area contributed by atoms with Gasteiger partial charge in [-0.1, -0.05) is 60.6 Å². The Hall–Kier alpha value is -2.71. The number of nitrogens with one attached hydrogen (secondary N) is 1. The standard InChI is InChI=1S/C13H19N7O2.2C2H6/c1-5-13(2,3)7-6-8-9(15-4)10(20(21)22)12-16-17-18-19(12)11(8)14;2*1-2/h6-7,15H,5,14H2,1-4H3;2*1-2H3/b7-6-;;. The summed E-state index contributed by atoms with van der Waals surface area (Å²) in [6.45, 7) is 14.2. The lowest BCUT2D eigenvalue weighted by Crippen LogP contribution is -2.10. The van der Waals surface area contributed by atoms with Crippen LogP contribution in [0.15, 0.2) is 6.08 Å². The number of aromatic nitrogens is 4. The van der Waals surface area contributed by atoms with Crippen LogP contribution in [0.1, 0.15) is 60.5 Å². The fraction of sp³-hybridized carbons (Fsp3) is 0.588. The lowest BCUT2D eigenvalue weighted by atomic mass is 9.89. The maximum absolute atomic E-state index is 11.4. The number of fused-ring (bicyclic) bond motifs is 1.